The van der Waals surface area contributed by atoms with Gasteiger partial charge in [-0.25, -0.2) is 13.2 Å². The molecule has 1 aromatic carbocycles. The van der Waals surface area contributed by atoms with Gasteiger partial charge in [0.05, 0.1) is 27.5 Å². The minimum absolute atomic E-state index is 0.0183. The highest BCUT2D eigenvalue weighted by molar-refractivity contribution is 7.95. The second-order valence-corrected chi connectivity index (χ2v) is 12.6. The molecule has 0 bridgehead atoms. The van der Waals surface area contributed by atoms with E-state index in [2.05, 4.69) is 0 Å². The van der Waals surface area contributed by atoms with E-state index < -0.39 is 27.3 Å². The predicted molar refractivity (Wildman–Crippen MR) is 144 cm³/mol. The van der Waals surface area contributed by atoms with Gasteiger partial charge in [0.2, 0.25) is 9.84 Å². The van der Waals surface area contributed by atoms with Gasteiger partial charge in [0.25, 0.3) is 5.56 Å². The number of hydrogen-bond acceptors (Lipinski definition) is 9. The van der Waals surface area contributed by atoms with Crippen molar-refractivity contribution in [2.75, 3.05) is 6.61 Å². The fourth-order valence-corrected chi connectivity index (χ4v) is 8.55. The first kappa shape index (κ1) is 24.4. The van der Waals surface area contributed by atoms with Gasteiger partial charge in [-0.1, -0.05) is 30.3 Å². The standard InChI is InChI=1S/C25H20N2O5S4/c1-2-32-25(29)20-19(17-11-7-13-34-17)21(36(30,31)16-9-4-3-5-10-16)22(26)27-23(28)18(35-24(20)27)14-15-8-6-12-33-15/h3-14,19H,2,26H2,1H3/b18-14-/t19-/m0/s1. The van der Waals surface area contributed by atoms with Crippen molar-refractivity contribution in [3.63, 3.8) is 0 Å². The lowest BCUT2D eigenvalue weighted by molar-refractivity contribution is -0.136. The summed E-state index contributed by atoms with van der Waals surface area (Å²) in [5, 5.41) is 3.69. The van der Waals surface area contributed by atoms with Crippen molar-refractivity contribution in [2.24, 2.45) is 5.73 Å². The minimum atomic E-state index is -4.20. The molecular weight excluding hydrogens is 537 g/mol. The van der Waals surface area contributed by atoms with E-state index >= 15 is 0 Å². The van der Waals surface area contributed by atoms with Crippen LogP contribution < -0.4 is 20.5 Å². The molecule has 1 atom stereocenters. The van der Waals surface area contributed by atoms with E-state index in [4.69, 9.17) is 10.5 Å². The number of rotatable bonds is 6. The maximum atomic E-state index is 14.0. The molecule has 0 amide bonds. The Kier molecular flexibility index (Phi) is 6.56. The van der Waals surface area contributed by atoms with E-state index in [1.54, 1.807) is 48.7 Å². The van der Waals surface area contributed by atoms with Crippen molar-refractivity contribution in [1.29, 1.82) is 0 Å². The Hall–Kier alpha value is -3.25. The number of fused-ring (bicyclic) bond motifs is 1. The highest BCUT2D eigenvalue weighted by atomic mass is 32.2. The maximum Gasteiger partial charge on any atom is 0.338 e. The molecule has 0 spiro atoms. The molecule has 1 aliphatic rings. The number of nitrogens with zero attached hydrogens (tertiary/aromatic N) is 1. The molecule has 0 fully saturated rings. The first-order valence-corrected chi connectivity index (χ1v) is 14.9. The molecule has 2 N–H and O–H groups in total. The quantitative estimate of drug-likeness (QED) is 0.366. The van der Waals surface area contributed by atoms with Gasteiger partial charge < -0.3 is 10.5 Å². The van der Waals surface area contributed by atoms with Crippen LogP contribution in [0, 0.1) is 0 Å². The summed E-state index contributed by atoms with van der Waals surface area (Å²) in [7, 11) is -4.20. The van der Waals surface area contributed by atoms with Crippen LogP contribution >= 0.6 is 34.0 Å². The van der Waals surface area contributed by atoms with Crippen molar-refractivity contribution >= 4 is 67.3 Å². The van der Waals surface area contributed by atoms with Gasteiger partial charge in [0.15, 0.2) is 0 Å². The summed E-state index contributed by atoms with van der Waals surface area (Å²) in [4.78, 5) is 28.2. The van der Waals surface area contributed by atoms with Crippen molar-refractivity contribution in [3.05, 3.63) is 99.6 Å². The Bertz CT molecular complexity index is 1750. The number of allylic oxidation sites excluding steroid dienone is 1. The lowest BCUT2D eigenvalue weighted by atomic mass is 9.95. The summed E-state index contributed by atoms with van der Waals surface area (Å²) in [6, 6.07) is 15.1. The molecule has 7 nitrogen and oxygen atoms in total. The SMILES string of the molecule is CCOC(=O)C1=c2s/c(=C\c3cccs3)c(=O)n2C(N)=C(S(=O)(=O)c2ccccc2)[C@H]1c1cccs1. The summed E-state index contributed by atoms with van der Waals surface area (Å²) >= 11 is 3.85. The van der Waals surface area contributed by atoms with Gasteiger partial charge in [0.1, 0.15) is 15.4 Å². The zero-order valence-corrected chi connectivity index (χ0v) is 22.2. The summed E-state index contributed by atoms with van der Waals surface area (Å²) in [5.41, 5.74) is 6.12. The third kappa shape index (κ3) is 4.07. The Balaban J connectivity index is 1.92. The summed E-state index contributed by atoms with van der Waals surface area (Å²) in [6.45, 7) is 1.76. The summed E-state index contributed by atoms with van der Waals surface area (Å²) < 4.78 is 35.1. The van der Waals surface area contributed by atoms with Crippen LogP contribution in [0.15, 0.2) is 80.0 Å². The fourth-order valence-electron chi connectivity index (χ4n) is 4.06. The molecule has 0 saturated heterocycles. The van der Waals surface area contributed by atoms with Gasteiger partial charge in [-0.2, -0.15) is 0 Å². The number of esters is 1. The van der Waals surface area contributed by atoms with Gasteiger partial charge >= 0.3 is 5.97 Å². The second-order valence-electron chi connectivity index (χ2n) is 7.72. The zero-order chi connectivity index (χ0) is 25.4. The molecule has 4 aromatic rings. The summed E-state index contributed by atoms with van der Waals surface area (Å²) in [6.07, 6.45) is 1.71. The average Bonchev–Trinajstić information content (AvgIpc) is 3.63. The first-order chi connectivity index (χ1) is 17.3. The number of nitrogens with two attached hydrogens (primary N) is 1. The van der Waals surface area contributed by atoms with Crippen molar-refractivity contribution in [3.8, 4) is 0 Å². The molecule has 0 aliphatic carbocycles. The average molecular weight is 557 g/mol. The topological polar surface area (TPSA) is 108 Å². The van der Waals surface area contributed by atoms with Gasteiger partial charge in [-0.15, -0.1) is 34.0 Å². The van der Waals surface area contributed by atoms with Crippen LogP contribution in [-0.4, -0.2) is 25.6 Å². The van der Waals surface area contributed by atoms with Crippen molar-refractivity contribution < 1.29 is 17.9 Å². The number of aromatic nitrogens is 1. The molecule has 36 heavy (non-hydrogen) atoms. The molecule has 0 radical (unpaired) electrons. The normalized spacial score (nSPS) is 16.3. The van der Waals surface area contributed by atoms with Crippen molar-refractivity contribution in [1.82, 2.24) is 4.57 Å². The second kappa shape index (κ2) is 9.66. The smallest absolute Gasteiger partial charge is 0.338 e. The monoisotopic (exact) mass is 556 g/mol. The molecule has 5 rings (SSSR count). The number of thiazole rings is 1. The molecule has 184 valence electrons. The Morgan fingerprint density at radius 1 is 1.08 bits per heavy atom. The van der Waals surface area contributed by atoms with Crippen LogP contribution in [0.2, 0.25) is 0 Å². The molecule has 11 heteroatoms. The molecular formula is C25H20N2O5S4. The number of thiophene rings is 2. The van der Waals surface area contributed by atoms with Crippen LogP contribution in [0.1, 0.15) is 22.6 Å². The van der Waals surface area contributed by atoms with E-state index in [0.29, 0.717) is 9.41 Å². The van der Waals surface area contributed by atoms with E-state index in [1.165, 1.54) is 34.8 Å². The largest absolute Gasteiger partial charge is 0.463 e. The van der Waals surface area contributed by atoms with E-state index in [0.717, 1.165) is 20.8 Å². The van der Waals surface area contributed by atoms with Crippen LogP contribution in [0.4, 0.5) is 0 Å². The fraction of sp³-hybridized carbons (Fsp3) is 0.120. The van der Waals surface area contributed by atoms with Crippen LogP contribution in [-0.2, 0) is 19.4 Å². The molecule has 0 saturated carbocycles. The van der Waals surface area contributed by atoms with Crippen LogP contribution in [0.3, 0.4) is 0 Å². The number of hydrogen-bond donors (Lipinski definition) is 1. The molecule has 4 heterocycles. The van der Waals surface area contributed by atoms with E-state index in [9.17, 15) is 18.0 Å². The lowest BCUT2D eigenvalue weighted by Crippen LogP contribution is -2.41. The van der Waals surface area contributed by atoms with Crippen molar-refractivity contribution in [2.45, 2.75) is 17.7 Å². The van der Waals surface area contributed by atoms with Crippen LogP contribution in [0.5, 0.6) is 0 Å². The molecule has 0 unspecified atom stereocenters. The molecule has 1 aliphatic heterocycles. The Morgan fingerprint density at radius 2 is 1.81 bits per heavy atom. The highest BCUT2D eigenvalue weighted by Crippen LogP contribution is 2.43. The van der Waals surface area contributed by atoms with Gasteiger partial charge in [-0.05, 0) is 48.0 Å². The minimum Gasteiger partial charge on any atom is -0.463 e. The third-order valence-electron chi connectivity index (χ3n) is 5.58. The predicted octanol–water partition coefficient (Wildman–Crippen LogP) is 2.93. The molecule has 3 aromatic heterocycles. The third-order valence-corrected chi connectivity index (χ3v) is 10.4. The highest BCUT2D eigenvalue weighted by Gasteiger charge is 2.42. The number of carbonyl (C=O) groups is 1. The number of ether oxygens (including phenoxy) is 1. The van der Waals surface area contributed by atoms with E-state index in [1.807, 2.05) is 17.5 Å². The zero-order valence-electron chi connectivity index (χ0n) is 18.9. The number of benzene rings is 1. The number of sulfone groups is 1. The Labute approximate surface area is 218 Å². The number of carbonyl (C=O) groups excluding carboxylic acids is 1. The van der Waals surface area contributed by atoms with Crippen LogP contribution in [0.25, 0.3) is 17.5 Å². The lowest BCUT2D eigenvalue weighted by Gasteiger charge is -2.27. The van der Waals surface area contributed by atoms with Gasteiger partial charge in [-0.3, -0.25) is 9.36 Å². The van der Waals surface area contributed by atoms with Gasteiger partial charge in [0, 0.05) is 9.75 Å². The maximum absolute atomic E-state index is 14.0. The van der Waals surface area contributed by atoms with E-state index in [-0.39, 0.29) is 32.5 Å². The Morgan fingerprint density at radius 3 is 2.44 bits per heavy atom. The summed E-state index contributed by atoms with van der Waals surface area (Å²) in [5.74, 6) is -1.93. The first-order valence-electron chi connectivity index (χ1n) is 10.9.